The van der Waals surface area contributed by atoms with Crippen LogP contribution < -0.4 is 26.6 Å². The Morgan fingerprint density at radius 1 is 1.04 bits per heavy atom. The van der Waals surface area contributed by atoms with Gasteiger partial charge < -0.3 is 9.15 Å². The van der Waals surface area contributed by atoms with E-state index in [9.17, 15) is 4.79 Å². The molecule has 3 aromatic rings. The molecule has 0 fully saturated rings. The van der Waals surface area contributed by atoms with Gasteiger partial charge in [-0.3, -0.25) is 4.79 Å². The first-order valence-electron chi connectivity index (χ1n) is 7.97. The van der Waals surface area contributed by atoms with Crippen molar-refractivity contribution in [2.24, 2.45) is 0 Å². The number of benzene rings is 2. The van der Waals surface area contributed by atoms with Crippen molar-refractivity contribution in [2.75, 3.05) is 7.11 Å². The molecule has 9 heteroatoms. The van der Waals surface area contributed by atoms with Gasteiger partial charge in [-0.1, -0.05) is 17.8 Å². The smallest absolute Gasteiger partial charge is 0.197 e. The molecular formula is C18H10B4Br2O3. The Morgan fingerprint density at radius 3 is 2.11 bits per heavy atom. The van der Waals surface area contributed by atoms with Crippen LogP contribution in [0, 0.1) is 0 Å². The average molecular weight is 477 g/mol. The molecule has 0 saturated heterocycles. The molecule has 0 aliphatic rings. The van der Waals surface area contributed by atoms with Crippen LogP contribution in [-0.2, 0) is 6.42 Å². The number of aryl methyl sites for hydroxylation is 1. The van der Waals surface area contributed by atoms with E-state index >= 15 is 0 Å². The highest BCUT2D eigenvalue weighted by atomic mass is 79.9. The summed E-state index contributed by atoms with van der Waals surface area (Å²) in [5.74, 6) is 0.770. The normalized spacial score (nSPS) is 11.1. The number of hydrogen-bond donors (Lipinski definition) is 0. The van der Waals surface area contributed by atoms with Gasteiger partial charge in [0, 0.05) is 17.4 Å². The fourth-order valence-electron chi connectivity index (χ4n) is 2.99. The molecule has 1 heterocycles. The largest absolute Gasteiger partial charge is 0.494 e. The van der Waals surface area contributed by atoms with Crippen LogP contribution >= 0.6 is 31.9 Å². The zero-order chi connectivity index (χ0) is 20.0. The maximum Gasteiger partial charge on any atom is 0.197 e. The van der Waals surface area contributed by atoms with Crippen molar-refractivity contribution >= 4 is 102 Å². The molecule has 0 atom stereocenters. The van der Waals surface area contributed by atoms with Gasteiger partial charge in [-0.2, -0.15) is 0 Å². The van der Waals surface area contributed by atoms with E-state index in [1.54, 1.807) is 19.2 Å². The Labute approximate surface area is 179 Å². The van der Waals surface area contributed by atoms with Crippen molar-refractivity contribution < 1.29 is 13.9 Å². The lowest BCUT2D eigenvalue weighted by Gasteiger charge is -2.13. The predicted octanol–water partition coefficient (Wildman–Crippen LogP) is 0.935. The highest BCUT2D eigenvalue weighted by Crippen LogP contribution is 2.36. The number of halogens is 2. The Morgan fingerprint density at radius 2 is 1.59 bits per heavy atom. The topological polar surface area (TPSA) is 39.4 Å². The van der Waals surface area contributed by atoms with Crippen LogP contribution in [0.15, 0.2) is 25.5 Å². The minimum atomic E-state index is -0.273. The Balaban J connectivity index is 2.33. The van der Waals surface area contributed by atoms with E-state index in [1.807, 2.05) is 6.92 Å². The quantitative estimate of drug-likeness (QED) is 0.415. The first-order chi connectivity index (χ1) is 12.7. The summed E-state index contributed by atoms with van der Waals surface area (Å²) in [6.45, 7) is 1.87. The van der Waals surface area contributed by atoms with Gasteiger partial charge in [0.15, 0.2) is 5.78 Å². The second kappa shape index (κ2) is 7.59. The number of methoxy groups -OCH3 is 1. The highest BCUT2D eigenvalue weighted by molar-refractivity contribution is 9.11. The number of hydrogen-bond acceptors (Lipinski definition) is 3. The minimum Gasteiger partial charge on any atom is -0.494 e. The molecule has 3 nitrogen and oxygen atoms in total. The number of carbonyl (C=O) groups excluding carboxylic acids is 1. The summed E-state index contributed by atoms with van der Waals surface area (Å²) < 4.78 is 12.4. The van der Waals surface area contributed by atoms with Crippen LogP contribution in [0.4, 0.5) is 0 Å². The molecule has 1 aromatic heterocycles. The van der Waals surface area contributed by atoms with Crippen LogP contribution in [-0.4, -0.2) is 44.3 Å². The first kappa shape index (κ1) is 20.4. The van der Waals surface area contributed by atoms with E-state index in [4.69, 9.17) is 40.5 Å². The summed E-state index contributed by atoms with van der Waals surface area (Å²) in [5.41, 5.74) is 1.64. The fourth-order valence-corrected chi connectivity index (χ4v) is 4.50. The van der Waals surface area contributed by atoms with E-state index in [0.717, 1.165) is 0 Å². The number of ether oxygens (including phenoxy) is 1. The Bertz CT molecular complexity index is 1070. The molecule has 0 spiro atoms. The maximum absolute atomic E-state index is 13.4. The van der Waals surface area contributed by atoms with E-state index in [0.29, 0.717) is 43.4 Å². The summed E-state index contributed by atoms with van der Waals surface area (Å²) >= 11 is 6.82. The molecule has 0 saturated carbocycles. The van der Waals surface area contributed by atoms with Crippen LogP contribution in [0.25, 0.3) is 11.0 Å². The van der Waals surface area contributed by atoms with E-state index in [2.05, 4.69) is 31.9 Å². The van der Waals surface area contributed by atoms with Gasteiger partial charge in [-0.15, -0.1) is 10.9 Å². The lowest BCUT2D eigenvalue weighted by Crippen LogP contribution is -2.47. The molecular weight excluding hydrogens is 467 g/mol. The number of carbonyl (C=O) groups is 1. The lowest BCUT2D eigenvalue weighted by atomic mass is 9.65. The minimum absolute atomic E-state index is 0.134. The van der Waals surface area contributed by atoms with Crippen molar-refractivity contribution in [3.05, 3.63) is 38.0 Å². The summed E-state index contributed by atoms with van der Waals surface area (Å²) in [6, 6.07) is 3.34. The molecule has 0 aliphatic heterocycles. The van der Waals surface area contributed by atoms with Crippen molar-refractivity contribution in [3.8, 4) is 5.75 Å². The van der Waals surface area contributed by atoms with Crippen molar-refractivity contribution in [1.29, 1.82) is 0 Å². The monoisotopic (exact) mass is 476 g/mol. The SMILES string of the molecule is [B]c1c([B])c([B])c2c(C(=O)c3cc(Br)c(OC)c(Br)c3)c(CC)oc2c1[B]. The second-order valence-corrected chi connectivity index (χ2v) is 7.62. The van der Waals surface area contributed by atoms with Crippen molar-refractivity contribution in [3.63, 3.8) is 0 Å². The molecule has 8 radical (unpaired) electrons. The zero-order valence-electron chi connectivity index (χ0n) is 14.7. The van der Waals surface area contributed by atoms with Crippen LogP contribution in [0.1, 0.15) is 28.6 Å². The van der Waals surface area contributed by atoms with Gasteiger partial charge >= 0.3 is 0 Å². The number of ketones is 1. The molecule has 2 aromatic carbocycles. The third-order valence-corrected chi connectivity index (χ3v) is 5.56. The van der Waals surface area contributed by atoms with Gasteiger partial charge in [-0.25, -0.2) is 0 Å². The van der Waals surface area contributed by atoms with Crippen molar-refractivity contribution in [1.82, 2.24) is 0 Å². The van der Waals surface area contributed by atoms with Gasteiger partial charge in [0.1, 0.15) is 48.5 Å². The molecule has 126 valence electrons. The molecule has 0 aliphatic carbocycles. The zero-order valence-corrected chi connectivity index (χ0v) is 17.8. The standard InChI is InChI=1S/C18H10B4Br2O3/c1-3-9-10(11-12(19)13(20)14(21)15(22)18(11)27-9)16(25)6-4-7(23)17(26-2)8(24)5-6/h4-5H,3H2,1-2H3. The maximum atomic E-state index is 13.4. The number of rotatable bonds is 4. The molecule has 27 heavy (non-hydrogen) atoms. The number of furan rings is 1. The third-order valence-electron chi connectivity index (χ3n) is 4.38. The summed E-state index contributed by atoms with van der Waals surface area (Å²) in [4.78, 5) is 13.4. The van der Waals surface area contributed by atoms with Gasteiger partial charge in [0.25, 0.3) is 0 Å². The third kappa shape index (κ3) is 3.23. The second-order valence-electron chi connectivity index (χ2n) is 5.91. The van der Waals surface area contributed by atoms with Gasteiger partial charge in [-0.05, 0) is 44.0 Å². The summed E-state index contributed by atoms with van der Waals surface area (Å²) in [7, 11) is 25.6. The molecule has 3 rings (SSSR count). The highest BCUT2D eigenvalue weighted by Gasteiger charge is 2.25. The van der Waals surface area contributed by atoms with E-state index in [1.165, 1.54) is 0 Å². The summed E-state index contributed by atoms with van der Waals surface area (Å²) in [5, 5.41) is 0.379. The molecule has 0 bridgehead atoms. The average Bonchev–Trinajstić information content (AvgIpc) is 3.03. The van der Waals surface area contributed by atoms with Gasteiger partial charge in [0.05, 0.1) is 21.6 Å². The summed E-state index contributed by atoms with van der Waals surface area (Å²) in [6.07, 6.45) is 0.465. The molecule has 0 amide bonds. The van der Waals surface area contributed by atoms with Gasteiger partial charge in [0.2, 0.25) is 0 Å². The fraction of sp³-hybridized carbons (Fsp3) is 0.167. The molecule has 0 unspecified atom stereocenters. The lowest BCUT2D eigenvalue weighted by molar-refractivity contribution is 0.103. The Hall–Kier alpha value is -1.33. The van der Waals surface area contributed by atoms with Crippen LogP contribution in [0.5, 0.6) is 5.75 Å². The number of fused-ring (bicyclic) bond motifs is 1. The predicted molar refractivity (Wildman–Crippen MR) is 119 cm³/mol. The van der Waals surface area contributed by atoms with Crippen molar-refractivity contribution in [2.45, 2.75) is 13.3 Å². The van der Waals surface area contributed by atoms with E-state index in [-0.39, 0.29) is 33.2 Å². The van der Waals surface area contributed by atoms with Crippen LogP contribution in [0.2, 0.25) is 0 Å². The van der Waals surface area contributed by atoms with Crippen LogP contribution in [0.3, 0.4) is 0 Å². The first-order valence-corrected chi connectivity index (χ1v) is 9.56. The molecule has 0 N–H and O–H groups in total. The Kier molecular flexibility index (Phi) is 5.74. The van der Waals surface area contributed by atoms with E-state index < -0.39 is 0 Å².